The Kier molecular flexibility index (Phi) is 10.8. The average Bonchev–Trinajstić information content (AvgIpc) is 2.48. The van der Waals surface area contributed by atoms with Gasteiger partial charge in [0.2, 0.25) is 0 Å². The van der Waals surface area contributed by atoms with Gasteiger partial charge in [0, 0.05) is 25.6 Å². The quantitative estimate of drug-likeness (QED) is 0.482. The fraction of sp³-hybridized carbons (Fsp3) is 0.929. The maximum absolute atomic E-state index is 11.7. The fourth-order valence-electron chi connectivity index (χ4n) is 3.68. The van der Waals surface area contributed by atoms with Crippen molar-refractivity contribution in [2.75, 3.05) is 32.8 Å². The molecule has 0 spiro atoms. The molecular formula is C14H29BCl2N2O5. The summed E-state index contributed by atoms with van der Waals surface area (Å²) in [6.45, 7) is 3.73. The molecule has 3 atom stereocenters. The van der Waals surface area contributed by atoms with Crippen LogP contribution in [0.2, 0.25) is 6.32 Å². The van der Waals surface area contributed by atoms with Crippen LogP contribution in [0.3, 0.4) is 0 Å². The van der Waals surface area contributed by atoms with Crippen molar-refractivity contribution in [2.24, 2.45) is 17.6 Å². The fourth-order valence-corrected chi connectivity index (χ4v) is 3.68. The molecule has 2 rings (SSSR count). The molecule has 5 N–H and O–H groups in total. The van der Waals surface area contributed by atoms with Gasteiger partial charge in [-0.05, 0) is 31.5 Å². The minimum Gasteiger partial charge on any atom is -0.480 e. The summed E-state index contributed by atoms with van der Waals surface area (Å²) >= 11 is 0. The molecule has 0 bridgehead atoms. The normalized spacial score (nSPS) is 30.8. The highest BCUT2D eigenvalue weighted by atomic mass is 35.5. The highest BCUT2D eigenvalue weighted by molar-refractivity contribution is 6.40. The molecule has 0 aromatic carbocycles. The van der Waals surface area contributed by atoms with Gasteiger partial charge in [-0.2, -0.15) is 0 Å². The molecule has 2 fully saturated rings. The van der Waals surface area contributed by atoms with E-state index in [0.29, 0.717) is 32.6 Å². The van der Waals surface area contributed by atoms with E-state index in [1.807, 2.05) is 0 Å². The van der Waals surface area contributed by atoms with Crippen LogP contribution >= 0.6 is 24.8 Å². The number of nitrogens with two attached hydrogens (primary N) is 1. The third-order valence-corrected chi connectivity index (χ3v) is 5.09. The van der Waals surface area contributed by atoms with Gasteiger partial charge >= 0.3 is 13.1 Å². The first-order valence-corrected chi connectivity index (χ1v) is 8.10. The monoisotopic (exact) mass is 386 g/mol. The van der Waals surface area contributed by atoms with Gasteiger partial charge in [-0.15, -0.1) is 24.8 Å². The smallest absolute Gasteiger partial charge is 0.451 e. The van der Waals surface area contributed by atoms with E-state index in [2.05, 4.69) is 4.90 Å². The van der Waals surface area contributed by atoms with Crippen molar-refractivity contribution in [1.82, 2.24) is 4.90 Å². The first-order valence-electron chi connectivity index (χ1n) is 8.10. The Labute approximate surface area is 155 Å². The van der Waals surface area contributed by atoms with Crippen LogP contribution in [0.25, 0.3) is 0 Å². The van der Waals surface area contributed by atoms with Crippen molar-refractivity contribution in [3.8, 4) is 0 Å². The van der Waals surface area contributed by atoms with Crippen LogP contribution in [0.15, 0.2) is 0 Å². The summed E-state index contributed by atoms with van der Waals surface area (Å²) in [6, 6.07) is 0. The molecule has 2 aliphatic rings. The molecule has 142 valence electrons. The maximum atomic E-state index is 11.7. The number of aliphatic carboxylic acids is 1. The van der Waals surface area contributed by atoms with Crippen LogP contribution < -0.4 is 5.73 Å². The summed E-state index contributed by atoms with van der Waals surface area (Å²) in [5, 5.41) is 27.6. The highest BCUT2D eigenvalue weighted by Crippen LogP contribution is 2.38. The van der Waals surface area contributed by atoms with Gasteiger partial charge < -0.3 is 25.6 Å². The molecule has 1 saturated heterocycles. The van der Waals surface area contributed by atoms with E-state index >= 15 is 0 Å². The van der Waals surface area contributed by atoms with Gasteiger partial charge in [0.25, 0.3) is 0 Å². The molecule has 1 saturated carbocycles. The largest absolute Gasteiger partial charge is 0.480 e. The molecule has 0 amide bonds. The van der Waals surface area contributed by atoms with E-state index in [1.165, 1.54) is 0 Å². The van der Waals surface area contributed by atoms with Crippen LogP contribution in [-0.2, 0) is 9.53 Å². The van der Waals surface area contributed by atoms with Crippen molar-refractivity contribution >= 4 is 37.9 Å². The highest BCUT2D eigenvalue weighted by Gasteiger charge is 2.47. The van der Waals surface area contributed by atoms with Gasteiger partial charge in [0.1, 0.15) is 5.54 Å². The maximum Gasteiger partial charge on any atom is 0.451 e. The number of hydrogen-bond donors (Lipinski definition) is 4. The van der Waals surface area contributed by atoms with E-state index in [9.17, 15) is 9.90 Å². The van der Waals surface area contributed by atoms with E-state index in [-0.39, 0.29) is 43.0 Å². The second-order valence-electron chi connectivity index (χ2n) is 6.66. The zero-order valence-corrected chi connectivity index (χ0v) is 15.4. The lowest BCUT2D eigenvalue weighted by molar-refractivity contribution is -0.148. The molecule has 1 aliphatic carbocycles. The van der Waals surface area contributed by atoms with E-state index in [1.54, 1.807) is 0 Å². The lowest BCUT2D eigenvalue weighted by Gasteiger charge is -2.44. The number of rotatable bonds is 6. The Bertz CT molecular complexity index is 388. The second-order valence-corrected chi connectivity index (χ2v) is 6.66. The van der Waals surface area contributed by atoms with E-state index < -0.39 is 18.6 Å². The molecule has 1 aliphatic heterocycles. The number of ether oxygens (including phenoxy) is 1. The Morgan fingerprint density at radius 2 is 1.88 bits per heavy atom. The lowest BCUT2D eigenvalue weighted by atomic mass is 9.66. The first kappa shape index (κ1) is 23.9. The van der Waals surface area contributed by atoms with Gasteiger partial charge in [-0.1, -0.05) is 6.42 Å². The number of nitrogens with zero attached hydrogens (tertiary/aromatic N) is 1. The summed E-state index contributed by atoms with van der Waals surface area (Å²) in [5.41, 5.74) is 5.06. The zero-order chi connectivity index (χ0) is 16.2. The zero-order valence-electron chi connectivity index (χ0n) is 13.8. The standard InChI is InChI=1S/C14H27BN2O5.2ClH/c16-14(13(18)19)9-11(3-4-15(20)21)1-2-12(14)10-17-5-7-22-8-6-17;;/h11-12,20-21H,1-10,16H2,(H,18,19);2*1H. The first-order chi connectivity index (χ1) is 10.4. The lowest BCUT2D eigenvalue weighted by Crippen LogP contribution is -2.60. The number of carbonyl (C=O) groups is 1. The molecule has 3 unspecified atom stereocenters. The summed E-state index contributed by atoms with van der Waals surface area (Å²) in [5.74, 6) is -0.873. The van der Waals surface area contributed by atoms with Crippen molar-refractivity contribution in [2.45, 2.75) is 37.5 Å². The van der Waals surface area contributed by atoms with Crippen LogP contribution in [0.4, 0.5) is 0 Å². The molecule has 7 nitrogen and oxygen atoms in total. The molecule has 0 aromatic heterocycles. The Morgan fingerprint density at radius 3 is 2.42 bits per heavy atom. The third-order valence-electron chi connectivity index (χ3n) is 5.09. The van der Waals surface area contributed by atoms with Crippen LogP contribution in [0.5, 0.6) is 0 Å². The second kappa shape index (κ2) is 10.8. The number of morpholine rings is 1. The number of hydrogen-bond acceptors (Lipinski definition) is 6. The van der Waals surface area contributed by atoms with E-state index in [0.717, 1.165) is 25.9 Å². The number of carboxylic acid groups (broad SMARTS) is 1. The van der Waals surface area contributed by atoms with Crippen LogP contribution in [0, 0.1) is 11.8 Å². The molecular weight excluding hydrogens is 358 g/mol. The Hall–Kier alpha value is -0.0851. The number of halogens is 2. The topological polar surface area (TPSA) is 116 Å². The van der Waals surface area contributed by atoms with Crippen LogP contribution in [0.1, 0.15) is 25.7 Å². The van der Waals surface area contributed by atoms with Gasteiger partial charge in [0.15, 0.2) is 0 Å². The summed E-state index contributed by atoms with van der Waals surface area (Å²) in [7, 11) is -1.33. The van der Waals surface area contributed by atoms with Gasteiger partial charge in [0.05, 0.1) is 13.2 Å². The minimum atomic E-state index is -1.33. The minimum absolute atomic E-state index is 0. The molecule has 0 radical (unpaired) electrons. The molecule has 24 heavy (non-hydrogen) atoms. The summed E-state index contributed by atoms with van der Waals surface area (Å²) in [4.78, 5) is 14.0. The summed E-state index contributed by atoms with van der Waals surface area (Å²) < 4.78 is 5.32. The van der Waals surface area contributed by atoms with Crippen molar-refractivity contribution in [1.29, 1.82) is 0 Å². The summed E-state index contributed by atoms with van der Waals surface area (Å²) in [6.07, 6.45) is 2.95. The predicted molar refractivity (Wildman–Crippen MR) is 96.8 cm³/mol. The van der Waals surface area contributed by atoms with Gasteiger partial charge in [-0.3, -0.25) is 9.69 Å². The van der Waals surface area contributed by atoms with Crippen molar-refractivity contribution in [3.63, 3.8) is 0 Å². The molecule has 1 heterocycles. The molecule has 10 heteroatoms. The van der Waals surface area contributed by atoms with Crippen molar-refractivity contribution < 1.29 is 24.7 Å². The predicted octanol–water partition coefficient (Wildman–Crippen LogP) is 0.223. The average molecular weight is 387 g/mol. The van der Waals surface area contributed by atoms with Crippen LogP contribution in [-0.4, -0.2) is 71.5 Å². The SMILES string of the molecule is Cl.Cl.NC1(C(=O)O)CC(CCB(O)O)CCC1CN1CCOCC1. The van der Waals surface area contributed by atoms with E-state index in [4.69, 9.17) is 20.5 Å². The Balaban J connectivity index is 0.00000264. The Morgan fingerprint density at radius 1 is 1.25 bits per heavy atom. The molecule has 0 aromatic rings. The number of carboxylic acids is 1. The van der Waals surface area contributed by atoms with Gasteiger partial charge in [-0.25, -0.2) is 0 Å². The van der Waals surface area contributed by atoms with Crippen molar-refractivity contribution in [3.05, 3.63) is 0 Å². The third kappa shape index (κ3) is 6.33.